The smallest absolute Gasteiger partial charge is 0.311 e. The van der Waals surface area contributed by atoms with Crippen LogP contribution in [0.25, 0.3) is 0 Å². The van der Waals surface area contributed by atoms with Gasteiger partial charge in [0.05, 0.1) is 18.1 Å². The minimum atomic E-state index is -0.680. The number of fused-ring (bicyclic) bond motifs is 2. The Morgan fingerprint density at radius 2 is 2.03 bits per heavy atom. The number of aromatic hydroxyl groups is 1. The quantitative estimate of drug-likeness (QED) is 0.568. The first-order valence-electron chi connectivity index (χ1n) is 11.3. The average Bonchev–Trinajstić information content (AvgIpc) is 3.37. The lowest BCUT2D eigenvalue weighted by atomic mass is 9.53. The van der Waals surface area contributed by atoms with Gasteiger partial charge in [-0.2, -0.15) is 0 Å². The van der Waals surface area contributed by atoms with Gasteiger partial charge in [-0.05, 0) is 49.9 Å². The Morgan fingerprint density at radius 1 is 1.30 bits per heavy atom. The van der Waals surface area contributed by atoms with E-state index in [2.05, 4.69) is 13.8 Å². The van der Waals surface area contributed by atoms with Gasteiger partial charge in [-0.15, -0.1) is 0 Å². The highest BCUT2D eigenvalue weighted by atomic mass is 16.6. The summed E-state index contributed by atoms with van der Waals surface area (Å²) in [5, 5.41) is 20.0. The van der Waals surface area contributed by atoms with Crippen LogP contribution in [0.4, 0.5) is 0 Å². The second-order valence-electron chi connectivity index (χ2n) is 10.4. The first-order valence-corrected chi connectivity index (χ1v) is 11.3. The molecule has 8 atom stereocenters. The number of benzene rings is 1. The van der Waals surface area contributed by atoms with Crippen LogP contribution < -0.4 is 0 Å². The van der Waals surface area contributed by atoms with Gasteiger partial charge in [-0.25, -0.2) is 0 Å². The van der Waals surface area contributed by atoms with Gasteiger partial charge >= 0.3 is 5.97 Å². The molecule has 0 radical (unpaired) electrons. The molecule has 0 unspecified atom stereocenters. The Kier molecular flexibility index (Phi) is 4.69. The number of aliphatic hydroxyl groups is 1. The summed E-state index contributed by atoms with van der Waals surface area (Å²) in [6, 6.07) is 6.60. The van der Waals surface area contributed by atoms with Crippen molar-refractivity contribution < 1.29 is 24.5 Å². The molecule has 2 heterocycles. The van der Waals surface area contributed by atoms with Crippen molar-refractivity contribution in [2.75, 3.05) is 20.1 Å². The molecule has 1 aromatic carbocycles. The van der Waals surface area contributed by atoms with Crippen LogP contribution in [-0.2, 0) is 14.3 Å². The SMILES string of the molecule is C[C@@H]1CCC[C@]2(C)C[C@H]3OC(=O)[C@@H](CN(C)C[C@@H](O)c4ccc(O)cc4)[C@H]3[C@@H]3O[C@@]132. The first kappa shape index (κ1) is 20.3. The zero-order valence-corrected chi connectivity index (χ0v) is 18.1. The number of phenols is 1. The monoisotopic (exact) mass is 415 g/mol. The van der Waals surface area contributed by atoms with Crippen molar-refractivity contribution in [3.8, 4) is 5.75 Å². The molecule has 30 heavy (non-hydrogen) atoms. The lowest BCUT2D eigenvalue weighted by molar-refractivity contribution is -0.146. The second-order valence-corrected chi connectivity index (χ2v) is 10.4. The molecule has 4 aliphatic rings. The zero-order valence-electron chi connectivity index (χ0n) is 18.1. The number of ether oxygens (including phenoxy) is 2. The standard InChI is InChI=1S/C24H33NO5/c1-14-5-4-10-23(2)11-19-20(21-24(14,23)30-21)17(22(28)29-19)12-25(3)13-18(27)15-6-8-16(26)9-7-15/h6-9,14,17-21,26-27H,4-5,10-13H2,1-3H3/t14-,17+,18-,19-,20-,21+,23-,24+/m1/s1. The van der Waals surface area contributed by atoms with Crippen molar-refractivity contribution in [2.45, 2.75) is 63.4 Å². The van der Waals surface area contributed by atoms with Crippen LogP contribution in [0.5, 0.6) is 5.75 Å². The topological polar surface area (TPSA) is 82.5 Å². The molecule has 2 saturated carbocycles. The lowest BCUT2D eigenvalue weighted by Gasteiger charge is -2.49. The Morgan fingerprint density at radius 3 is 2.77 bits per heavy atom. The van der Waals surface area contributed by atoms with E-state index in [1.807, 2.05) is 11.9 Å². The third-order valence-corrected chi connectivity index (χ3v) is 8.46. The molecule has 6 nitrogen and oxygen atoms in total. The molecule has 2 N–H and O–H groups in total. The molecule has 5 rings (SSSR count). The van der Waals surface area contributed by atoms with E-state index in [0.29, 0.717) is 19.0 Å². The predicted molar refractivity (Wildman–Crippen MR) is 111 cm³/mol. The number of nitrogens with zero attached hydrogens (tertiary/aromatic N) is 1. The van der Waals surface area contributed by atoms with Crippen molar-refractivity contribution >= 4 is 5.97 Å². The van der Waals surface area contributed by atoms with Crippen LogP contribution in [0.1, 0.15) is 51.2 Å². The second kappa shape index (κ2) is 6.94. The fraction of sp³-hybridized carbons (Fsp3) is 0.708. The average molecular weight is 416 g/mol. The Hall–Kier alpha value is -1.63. The van der Waals surface area contributed by atoms with E-state index >= 15 is 0 Å². The van der Waals surface area contributed by atoms with Crippen molar-refractivity contribution in [1.29, 1.82) is 0 Å². The first-order chi connectivity index (χ1) is 14.2. The number of hydrogen-bond acceptors (Lipinski definition) is 6. The Balaban J connectivity index is 1.29. The molecule has 1 spiro atoms. The molecule has 2 aliphatic heterocycles. The van der Waals surface area contributed by atoms with Crippen molar-refractivity contribution in [3.05, 3.63) is 29.8 Å². The Bertz CT molecular complexity index is 827. The number of phenolic OH excluding ortho intramolecular Hbond substituents is 1. The van der Waals surface area contributed by atoms with Crippen LogP contribution >= 0.6 is 0 Å². The highest BCUT2D eigenvalue weighted by Crippen LogP contribution is 2.70. The van der Waals surface area contributed by atoms with Crippen LogP contribution in [0, 0.1) is 23.2 Å². The maximum absolute atomic E-state index is 12.8. The van der Waals surface area contributed by atoms with E-state index in [4.69, 9.17) is 9.47 Å². The van der Waals surface area contributed by atoms with Crippen molar-refractivity contribution in [1.82, 2.24) is 4.90 Å². The summed E-state index contributed by atoms with van der Waals surface area (Å²) in [6.07, 6.45) is 3.86. The van der Waals surface area contributed by atoms with Crippen LogP contribution in [-0.4, -0.2) is 59.0 Å². The number of aliphatic hydroxyl groups excluding tert-OH is 1. The Labute approximate surface area is 178 Å². The van der Waals surface area contributed by atoms with Crippen LogP contribution in [0.15, 0.2) is 24.3 Å². The summed E-state index contributed by atoms with van der Waals surface area (Å²) >= 11 is 0. The van der Waals surface area contributed by atoms with Gasteiger partial charge in [-0.1, -0.05) is 32.4 Å². The minimum absolute atomic E-state index is 0.0474. The molecule has 164 valence electrons. The summed E-state index contributed by atoms with van der Waals surface area (Å²) in [6.45, 7) is 5.61. The van der Waals surface area contributed by atoms with E-state index in [9.17, 15) is 15.0 Å². The van der Waals surface area contributed by atoms with E-state index in [1.165, 1.54) is 12.8 Å². The van der Waals surface area contributed by atoms with E-state index in [0.717, 1.165) is 18.4 Å². The van der Waals surface area contributed by atoms with Gasteiger partial charge in [0.1, 0.15) is 17.5 Å². The minimum Gasteiger partial charge on any atom is -0.508 e. The number of likely N-dealkylation sites (N-methyl/N-ethyl adjacent to an activating group) is 1. The summed E-state index contributed by atoms with van der Waals surface area (Å²) < 4.78 is 12.4. The number of carbonyl (C=O) groups excluding carboxylic acids is 1. The van der Waals surface area contributed by atoms with Gasteiger partial charge in [0.25, 0.3) is 0 Å². The number of rotatable bonds is 5. The number of epoxide rings is 1. The molecule has 0 bridgehead atoms. The van der Waals surface area contributed by atoms with Crippen molar-refractivity contribution in [3.63, 3.8) is 0 Å². The van der Waals surface area contributed by atoms with Gasteiger partial charge in [0.2, 0.25) is 0 Å². The molecule has 1 aromatic rings. The summed E-state index contributed by atoms with van der Waals surface area (Å²) in [4.78, 5) is 14.8. The maximum atomic E-state index is 12.8. The molecule has 2 saturated heterocycles. The maximum Gasteiger partial charge on any atom is 0.311 e. The predicted octanol–water partition coefficient (Wildman–Crippen LogP) is 2.88. The number of carbonyl (C=O) groups is 1. The van der Waals surface area contributed by atoms with Gasteiger partial charge in [-0.3, -0.25) is 4.79 Å². The molecular weight excluding hydrogens is 382 g/mol. The largest absolute Gasteiger partial charge is 0.508 e. The zero-order chi connectivity index (χ0) is 21.3. The third-order valence-electron chi connectivity index (χ3n) is 8.46. The molecule has 0 amide bonds. The number of esters is 1. The molecule has 4 fully saturated rings. The lowest BCUT2D eigenvalue weighted by Crippen LogP contribution is -2.54. The molecule has 0 aromatic heterocycles. The van der Waals surface area contributed by atoms with E-state index in [-0.39, 0.29) is 46.8 Å². The van der Waals surface area contributed by atoms with Crippen LogP contribution in [0.2, 0.25) is 0 Å². The fourth-order valence-corrected chi connectivity index (χ4v) is 6.95. The highest BCUT2D eigenvalue weighted by molar-refractivity contribution is 5.76. The fourth-order valence-electron chi connectivity index (χ4n) is 6.95. The highest BCUT2D eigenvalue weighted by Gasteiger charge is 2.78. The summed E-state index contributed by atoms with van der Waals surface area (Å²) in [5.41, 5.74) is 0.774. The van der Waals surface area contributed by atoms with Gasteiger partial charge in [0.15, 0.2) is 0 Å². The molecule has 2 aliphatic carbocycles. The summed E-state index contributed by atoms with van der Waals surface area (Å²) in [7, 11) is 1.93. The van der Waals surface area contributed by atoms with Crippen molar-refractivity contribution in [2.24, 2.45) is 23.2 Å². The summed E-state index contributed by atoms with van der Waals surface area (Å²) in [5.74, 6) is 0.484. The van der Waals surface area contributed by atoms with Crippen LogP contribution in [0.3, 0.4) is 0 Å². The van der Waals surface area contributed by atoms with E-state index in [1.54, 1.807) is 24.3 Å². The normalized spacial score (nSPS) is 42.8. The van der Waals surface area contributed by atoms with E-state index < -0.39 is 6.10 Å². The number of hydrogen-bond donors (Lipinski definition) is 2. The molecular formula is C24H33NO5. The third kappa shape index (κ3) is 2.91. The molecule has 6 heteroatoms. The van der Waals surface area contributed by atoms with Gasteiger partial charge < -0.3 is 24.6 Å². The van der Waals surface area contributed by atoms with Gasteiger partial charge in [0, 0.05) is 24.4 Å².